The summed E-state index contributed by atoms with van der Waals surface area (Å²) in [7, 11) is 0. The number of anilines is 1. The standard InChI is InChI=1S/C18H23N5O2/c1-13-14-2-6-22(16(24)18(12-19)4-5-18)7-3-15(14)21-17(20-13)23-8-10-25-11-9-23/h2-11H2,1H3. The molecule has 0 atom stereocenters. The average molecular weight is 341 g/mol. The van der Waals surface area contributed by atoms with Crippen molar-refractivity contribution in [2.75, 3.05) is 44.3 Å². The average Bonchev–Trinajstić information content (AvgIpc) is 3.46. The summed E-state index contributed by atoms with van der Waals surface area (Å²) in [5.74, 6) is 0.775. The van der Waals surface area contributed by atoms with E-state index in [9.17, 15) is 10.1 Å². The highest BCUT2D eigenvalue weighted by Gasteiger charge is 2.52. The molecule has 0 radical (unpaired) electrons. The molecule has 0 spiro atoms. The summed E-state index contributed by atoms with van der Waals surface area (Å²) in [6, 6.07) is 2.22. The highest BCUT2D eigenvalue weighted by atomic mass is 16.5. The molecule has 3 heterocycles. The zero-order chi connectivity index (χ0) is 17.4. The Labute approximate surface area is 147 Å². The van der Waals surface area contributed by atoms with Crippen LogP contribution in [0.15, 0.2) is 0 Å². The van der Waals surface area contributed by atoms with E-state index in [-0.39, 0.29) is 5.91 Å². The van der Waals surface area contributed by atoms with Gasteiger partial charge in [-0.25, -0.2) is 9.97 Å². The van der Waals surface area contributed by atoms with Crippen molar-refractivity contribution in [1.82, 2.24) is 14.9 Å². The molecule has 4 rings (SSSR count). The van der Waals surface area contributed by atoms with E-state index in [0.29, 0.717) is 39.1 Å². The third-order valence-electron chi connectivity index (χ3n) is 5.49. The van der Waals surface area contributed by atoms with Crippen LogP contribution in [0.2, 0.25) is 0 Å². The van der Waals surface area contributed by atoms with Gasteiger partial charge in [-0.3, -0.25) is 4.79 Å². The van der Waals surface area contributed by atoms with Crippen molar-refractivity contribution in [1.29, 1.82) is 5.26 Å². The number of nitrogens with zero attached hydrogens (tertiary/aromatic N) is 5. The van der Waals surface area contributed by atoms with Crippen molar-refractivity contribution < 1.29 is 9.53 Å². The van der Waals surface area contributed by atoms with Crippen LogP contribution in [-0.2, 0) is 22.4 Å². The van der Waals surface area contributed by atoms with Gasteiger partial charge in [0.05, 0.1) is 25.0 Å². The zero-order valence-corrected chi connectivity index (χ0v) is 14.6. The Morgan fingerprint density at radius 2 is 1.88 bits per heavy atom. The second-order valence-corrected chi connectivity index (χ2v) is 7.12. The van der Waals surface area contributed by atoms with Crippen LogP contribution in [0.25, 0.3) is 0 Å². The number of rotatable bonds is 2. The minimum Gasteiger partial charge on any atom is -0.378 e. The minimum atomic E-state index is -0.740. The van der Waals surface area contributed by atoms with E-state index in [1.807, 2.05) is 11.8 Å². The van der Waals surface area contributed by atoms with Crippen LogP contribution < -0.4 is 4.90 Å². The number of carbonyl (C=O) groups excluding carboxylic acids is 1. The molecule has 0 bridgehead atoms. The van der Waals surface area contributed by atoms with Gasteiger partial charge in [0, 0.05) is 38.3 Å². The SMILES string of the molecule is Cc1nc(N2CCOCC2)nc2c1CCN(C(=O)C1(C#N)CC1)CC2. The van der Waals surface area contributed by atoms with Crippen LogP contribution in [-0.4, -0.2) is 60.2 Å². The Bertz CT molecular complexity index is 732. The van der Waals surface area contributed by atoms with Gasteiger partial charge in [-0.05, 0) is 31.7 Å². The second-order valence-electron chi connectivity index (χ2n) is 7.12. The van der Waals surface area contributed by atoms with Gasteiger partial charge >= 0.3 is 0 Å². The number of hydrogen-bond acceptors (Lipinski definition) is 6. The van der Waals surface area contributed by atoms with E-state index in [1.54, 1.807) is 0 Å². The number of ether oxygens (including phenoxy) is 1. The van der Waals surface area contributed by atoms with Crippen molar-refractivity contribution in [2.45, 2.75) is 32.6 Å². The maximum Gasteiger partial charge on any atom is 0.243 e. The summed E-state index contributed by atoms with van der Waals surface area (Å²) < 4.78 is 5.41. The first kappa shape index (κ1) is 16.3. The molecule has 25 heavy (non-hydrogen) atoms. The number of amides is 1. The number of nitriles is 1. The van der Waals surface area contributed by atoms with E-state index in [1.165, 1.54) is 0 Å². The summed E-state index contributed by atoms with van der Waals surface area (Å²) in [4.78, 5) is 26.2. The molecule has 1 saturated heterocycles. The smallest absolute Gasteiger partial charge is 0.243 e. The van der Waals surface area contributed by atoms with Gasteiger partial charge in [0.2, 0.25) is 11.9 Å². The fourth-order valence-electron chi connectivity index (χ4n) is 3.68. The van der Waals surface area contributed by atoms with Crippen molar-refractivity contribution in [3.8, 4) is 6.07 Å². The Morgan fingerprint density at radius 1 is 1.16 bits per heavy atom. The lowest BCUT2D eigenvalue weighted by Crippen LogP contribution is -2.38. The fourth-order valence-corrected chi connectivity index (χ4v) is 3.68. The van der Waals surface area contributed by atoms with Crippen molar-refractivity contribution in [2.24, 2.45) is 5.41 Å². The van der Waals surface area contributed by atoms with Gasteiger partial charge in [-0.2, -0.15) is 5.26 Å². The molecule has 7 nitrogen and oxygen atoms in total. The molecule has 0 N–H and O–H groups in total. The molecule has 0 aromatic carbocycles. The summed E-state index contributed by atoms with van der Waals surface area (Å²) in [5.41, 5.74) is 2.47. The number of aromatic nitrogens is 2. The number of morpholine rings is 1. The lowest BCUT2D eigenvalue weighted by molar-refractivity contribution is -0.134. The van der Waals surface area contributed by atoms with Crippen LogP contribution in [0.3, 0.4) is 0 Å². The van der Waals surface area contributed by atoms with Crippen molar-refractivity contribution in [3.63, 3.8) is 0 Å². The van der Waals surface area contributed by atoms with E-state index in [2.05, 4.69) is 11.0 Å². The Balaban J connectivity index is 1.54. The molecule has 3 aliphatic rings. The number of fused-ring (bicyclic) bond motifs is 1. The normalized spacial score (nSPS) is 21.9. The van der Waals surface area contributed by atoms with E-state index < -0.39 is 5.41 Å². The fraction of sp³-hybridized carbons (Fsp3) is 0.667. The summed E-state index contributed by atoms with van der Waals surface area (Å²) in [6.45, 7) is 6.35. The predicted molar refractivity (Wildman–Crippen MR) is 91.1 cm³/mol. The van der Waals surface area contributed by atoms with Crippen LogP contribution >= 0.6 is 0 Å². The maximum atomic E-state index is 12.7. The van der Waals surface area contributed by atoms with Crippen LogP contribution in [0.4, 0.5) is 5.95 Å². The zero-order valence-electron chi connectivity index (χ0n) is 14.6. The lowest BCUT2D eigenvalue weighted by atomic mass is 10.1. The molecular formula is C18H23N5O2. The van der Waals surface area contributed by atoms with Gasteiger partial charge in [-0.1, -0.05) is 0 Å². The topological polar surface area (TPSA) is 82.3 Å². The van der Waals surface area contributed by atoms with Gasteiger partial charge in [0.25, 0.3) is 0 Å². The molecule has 132 valence electrons. The highest BCUT2D eigenvalue weighted by Crippen LogP contribution is 2.46. The molecule has 1 aromatic rings. The molecule has 1 amide bonds. The van der Waals surface area contributed by atoms with E-state index in [4.69, 9.17) is 14.7 Å². The Hall–Kier alpha value is -2.20. The monoisotopic (exact) mass is 341 g/mol. The first-order chi connectivity index (χ1) is 12.1. The third kappa shape index (κ3) is 2.95. The first-order valence-corrected chi connectivity index (χ1v) is 9.03. The number of carbonyl (C=O) groups is 1. The highest BCUT2D eigenvalue weighted by molar-refractivity contribution is 5.88. The van der Waals surface area contributed by atoms with E-state index in [0.717, 1.165) is 48.8 Å². The van der Waals surface area contributed by atoms with Gasteiger partial charge < -0.3 is 14.5 Å². The first-order valence-electron chi connectivity index (χ1n) is 9.03. The van der Waals surface area contributed by atoms with Gasteiger partial charge in [0.15, 0.2) is 0 Å². The molecule has 2 aliphatic heterocycles. The Kier molecular flexibility index (Phi) is 4.08. The minimum absolute atomic E-state index is 0.00169. The molecule has 2 fully saturated rings. The molecule has 0 unspecified atom stereocenters. The molecule has 1 aliphatic carbocycles. The quantitative estimate of drug-likeness (QED) is 0.793. The van der Waals surface area contributed by atoms with Gasteiger partial charge in [0.1, 0.15) is 5.41 Å². The van der Waals surface area contributed by atoms with Crippen LogP contribution in [0, 0.1) is 23.7 Å². The summed E-state index contributed by atoms with van der Waals surface area (Å²) >= 11 is 0. The molecule has 7 heteroatoms. The van der Waals surface area contributed by atoms with Crippen LogP contribution in [0.1, 0.15) is 29.8 Å². The van der Waals surface area contributed by atoms with Gasteiger partial charge in [-0.15, -0.1) is 0 Å². The molecular weight excluding hydrogens is 318 g/mol. The summed E-state index contributed by atoms with van der Waals surface area (Å²) in [5, 5.41) is 9.29. The molecule has 1 aromatic heterocycles. The number of hydrogen-bond donors (Lipinski definition) is 0. The second kappa shape index (κ2) is 6.26. The van der Waals surface area contributed by atoms with Crippen molar-refractivity contribution in [3.05, 3.63) is 17.0 Å². The predicted octanol–water partition coefficient (Wildman–Crippen LogP) is 0.853. The van der Waals surface area contributed by atoms with Crippen LogP contribution in [0.5, 0.6) is 0 Å². The lowest BCUT2D eigenvalue weighted by Gasteiger charge is -2.27. The van der Waals surface area contributed by atoms with E-state index >= 15 is 0 Å². The largest absolute Gasteiger partial charge is 0.378 e. The molecule has 1 saturated carbocycles. The Morgan fingerprint density at radius 3 is 2.56 bits per heavy atom. The summed E-state index contributed by atoms with van der Waals surface area (Å²) in [6.07, 6.45) is 2.89. The maximum absolute atomic E-state index is 12.7. The number of aryl methyl sites for hydroxylation is 1. The third-order valence-corrected chi connectivity index (χ3v) is 5.49. The van der Waals surface area contributed by atoms with Crippen molar-refractivity contribution >= 4 is 11.9 Å².